The van der Waals surface area contributed by atoms with E-state index in [-0.39, 0.29) is 16.8 Å². The Hall–Kier alpha value is -1.34. The van der Waals surface area contributed by atoms with Crippen molar-refractivity contribution in [3.63, 3.8) is 0 Å². The van der Waals surface area contributed by atoms with Crippen molar-refractivity contribution in [3.8, 4) is 0 Å². The fourth-order valence-corrected chi connectivity index (χ4v) is 5.28. The summed E-state index contributed by atoms with van der Waals surface area (Å²) >= 11 is 0. The zero-order valence-electron chi connectivity index (χ0n) is 14.4. The molecular formula is C17H27N3O3S. The number of carbonyl (C=O) groups excluding carboxylic acids is 1. The minimum atomic E-state index is -3.48. The summed E-state index contributed by atoms with van der Waals surface area (Å²) in [5.74, 6) is 0.813. The number of nitrogens with zero attached hydrogens (tertiary/aromatic N) is 1. The van der Waals surface area contributed by atoms with Crippen molar-refractivity contribution >= 4 is 15.9 Å². The van der Waals surface area contributed by atoms with E-state index in [1.165, 1.54) is 23.0 Å². The molecule has 0 bridgehead atoms. The maximum Gasteiger partial charge on any atom is 0.267 e. The molecule has 1 amide bonds. The Balaban J connectivity index is 1.69. The smallest absolute Gasteiger partial charge is 0.267 e. The number of amides is 1. The third-order valence-electron chi connectivity index (χ3n) is 5.63. The maximum atomic E-state index is 12.5. The number of carbonyl (C=O) groups is 1. The third-order valence-corrected chi connectivity index (χ3v) is 7.50. The van der Waals surface area contributed by atoms with Crippen molar-refractivity contribution in [2.75, 3.05) is 13.1 Å². The van der Waals surface area contributed by atoms with Gasteiger partial charge >= 0.3 is 0 Å². The predicted molar refractivity (Wildman–Crippen MR) is 92.2 cm³/mol. The molecule has 1 aliphatic heterocycles. The molecule has 0 unspecified atom stereocenters. The van der Waals surface area contributed by atoms with Crippen LogP contribution in [0.15, 0.2) is 17.2 Å². The van der Waals surface area contributed by atoms with E-state index in [0.29, 0.717) is 30.6 Å². The van der Waals surface area contributed by atoms with Crippen LogP contribution in [-0.2, 0) is 10.0 Å². The van der Waals surface area contributed by atoms with Crippen molar-refractivity contribution in [2.24, 2.45) is 11.8 Å². The quantitative estimate of drug-likeness (QED) is 0.872. The Morgan fingerprint density at radius 1 is 1.21 bits per heavy atom. The van der Waals surface area contributed by atoms with Gasteiger partial charge in [0, 0.05) is 25.3 Å². The number of sulfonamides is 1. The highest BCUT2D eigenvalue weighted by Crippen LogP contribution is 2.29. The molecule has 1 saturated heterocycles. The Morgan fingerprint density at radius 2 is 1.92 bits per heavy atom. The number of rotatable bonds is 4. The average Bonchev–Trinajstić information content (AvgIpc) is 3.22. The summed E-state index contributed by atoms with van der Waals surface area (Å²) in [6.07, 6.45) is 6.53. The molecule has 0 aromatic carbocycles. The molecule has 1 saturated carbocycles. The summed E-state index contributed by atoms with van der Waals surface area (Å²) in [5.41, 5.74) is 0.318. The molecule has 1 aliphatic carbocycles. The van der Waals surface area contributed by atoms with Gasteiger partial charge < -0.3 is 10.3 Å². The van der Waals surface area contributed by atoms with Gasteiger partial charge in [0.25, 0.3) is 5.91 Å². The minimum absolute atomic E-state index is 0.156. The second-order valence-corrected chi connectivity index (χ2v) is 9.15. The van der Waals surface area contributed by atoms with E-state index in [1.807, 2.05) is 0 Å². The summed E-state index contributed by atoms with van der Waals surface area (Å²) in [6.45, 7) is 5.52. The lowest BCUT2D eigenvalue weighted by Crippen LogP contribution is -2.43. The van der Waals surface area contributed by atoms with E-state index in [1.54, 1.807) is 0 Å². The van der Waals surface area contributed by atoms with E-state index >= 15 is 0 Å². The monoisotopic (exact) mass is 353 g/mol. The molecule has 0 spiro atoms. The maximum absolute atomic E-state index is 12.5. The molecule has 1 aromatic heterocycles. The van der Waals surface area contributed by atoms with Crippen LogP contribution in [0.4, 0.5) is 0 Å². The first-order valence-electron chi connectivity index (χ1n) is 8.89. The topological polar surface area (TPSA) is 82.3 Å². The van der Waals surface area contributed by atoms with Gasteiger partial charge in [0.15, 0.2) is 0 Å². The second kappa shape index (κ2) is 6.88. The van der Waals surface area contributed by atoms with Gasteiger partial charge in [0.05, 0.1) is 0 Å². The lowest BCUT2D eigenvalue weighted by atomic mass is 9.78. The molecule has 2 N–H and O–H groups in total. The van der Waals surface area contributed by atoms with E-state index in [2.05, 4.69) is 24.1 Å². The van der Waals surface area contributed by atoms with E-state index in [0.717, 1.165) is 25.7 Å². The second-order valence-electron chi connectivity index (χ2n) is 7.21. The molecule has 3 rings (SSSR count). The minimum Gasteiger partial charge on any atom is -0.356 e. The molecule has 2 aliphatic rings. The van der Waals surface area contributed by atoms with Crippen LogP contribution in [0, 0.1) is 11.8 Å². The van der Waals surface area contributed by atoms with Gasteiger partial charge in [-0.1, -0.05) is 26.7 Å². The zero-order valence-corrected chi connectivity index (χ0v) is 15.2. The van der Waals surface area contributed by atoms with Gasteiger partial charge in [-0.2, -0.15) is 4.31 Å². The van der Waals surface area contributed by atoms with Gasteiger partial charge in [0.1, 0.15) is 10.6 Å². The number of H-pyrrole nitrogens is 1. The Morgan fingerprint density at radius 3 is 2.62 bits per heavy atom. The summed E-state index contributed by atoms with van der Waals surface area (Å²) in [6, 6.07) is 1.61. The number of aromatic amines is 1. The van der Waals surface area contributed by atoms with Gasteiger partial charge in [0.2, 0.25) is 10.0 Å². The molecule has 3 atom stereocenters. The standard InChI is InChI=1S/C17H27N3O3S/c1-12-6-5-7-15(13(12)2)19-17(21)16-10-14(11-18-16)24(22,23)20-8-3-4-9-20/h10-13,15,18H,3-9H2,1-2H3,(H,19,21)/t12-,13-,15-/m1/s1. The van der Waals surface area contributed by atoms with Gasteiger partial charge in [-0.05, 0) is 37.2 Å². The number of hydrogen-bond donors (Lipinski definition) is 2. The van der Waals surface area contributed by atoms with Crippen LogP contribution in [0.3, 0.4) is 0 Å². The predicted octanol–water partition coefficient (Wildman–Crippen LogP) is 2.35. The first-order valence-corrected chi connectivity index (χ1v) is 10.3. The van der Waals surface area contributed by atoms with Crippen molar-refractivity contribution in [2.45, 2.75) is 56.9 Å². The van der Waals surface area contributed by atoms with E-state index < -0.39 is 10.0 Å². The van der Waals surface area contributed by atoms with Crippen LogP contribution < -0.4 is 5.32 Å². The van der Waals surface area contributed by atoms with Crippen molar-refractivity contribution < 1.29 is 13.2 Å². The summed E-state index contributed by atoms with van der Waals surface area (Å²) in [7, 11) is -3.48. The average molecular weight is 353 g/mol. The summed E-state index contributed by atoms with van der Waals surface area (Å²) in [5, 5.41) is 3.07. The highest BCUT2D eigenvalue weighted by atomic mass is 32.2. The Bertz CT molecular complexity index is 692. The van der Waals surface area contributed by atoms with Crippen LogP contribution in [0.5, 0.6) is 0 Å². The molecule has 24 heavy (non-hydrogen) atoms. The molecule has 2 fully saturated rings. The highest BCUT2D eigenvalue weighted by molar-refractivity contribution is 7.89. The van der Waals surface area contributed by atoms with Gasteiger partial charge in [-0.3, -0.25) is 4.79 Å². The normalized spacial score (nSPS) is 28.8. The number of hydrogen-bond acceptors (Lipinski definition) is 3. The fraction of sp³-hybridized carbons (Fsp3) is 0.706. The van der Waals surface area contributed by atoms with E-state index in [9.17, 15) is 13.2 Å². The van der Waals surface area contributed by atoms with Gasteiger partial charge in [-0.15, -0.1) is 0 Å². The third kappa shape index (κ3) is 3.37. The van der Waals surface area contributed by atoms with Crippen molar-refractivity contribution in [3.05, 3.63) is 18.0 Å². The lowest BCUT2D eigenvalue weighted by molar-refractivity contribution is 0.0886. The van der Waals surface area contributed by atoms with Crippen LogP contribution in [-0.4, -0.2) is 42.7 Å². The number of nitrogens with one attached hydrogen (secondary N) is 2. The lowest BCUT2D eigenvalue weighted by Gasteiger charge is -2.34. The van der Waals surface area contributed by atoms with Crippen LogP contribution >= 0.6 is 0 Å². The molecule has 0 radical (unpaired) electrons. The molecule has 2 heterocycles. The van der Waals surface area contributed by atoms with Gasteiger partial charge in [-0.25, -0.2) is 8.42 Å². The fourth-order valence-electron chi connectivity index (χ4n) is 3.76. The Kier molecular flexibility index (Phi) is 5.01. The Labute approximate surface area is 144 Å². The van der Waals surface area contributed by atoms with Crippen LogP contribution in [0.1, 0.15) is 56.4 Å². The first-order chi connectivity index (χ1) is 11.4. The van der Waals surface area contributed by atoms with Crippen LogP contribution in [0.25, 0.3) is 0 Å². The molecule has 7 heteroatoms. The summed E-state index contributed by atoms with van der Waals surface area (Å²) in [4.78, 5) is 15.5. The summed E-state index contributed by atoms with van der Waals surface area (Å²) < 4.78 is 26.5. The molecule has 6 nitrogen and oxygen atoms in total. The number of aromatic nitrogens is 1. The molecule has 1 aromatic rings. The largest absolute Gasteiger partial charge is 0.356 e. The van der Waals surface area contributed by atoms with E-state index in [4.69, 9.17) is 0 Å². The van der Waals surface area contributed by atoms with Crippen LogP contribution in [0.2, 0.25) is 0 Å². The SMILES string of the molecule is C[C@@H]1[C@H](C)CCC[C@H]1NC(=O)c1cc(S(=O)(=O)N2CCCC2)c[nH]1. The highest BCUT2D eigenvalue weighted by Gasteiger charge is 2.31. The van der Waals surface area contributed by atoms with Crippen molar-refractivity contribution in [1.82, 2.24) is 14.6 Å². The molecule has 134 valence electrons. The molecular weight excluding hydrogens is 326 g/mol. The van der Waals surface area contributed by atoms with Crippen molar-refractivity contribution in [1.29, 1.82) is 0 Å². The zero-order chi connectivity index (χ0) is 17.3. The first kappa shape index (κ1) is 17.5.